The predicted octanol–water partition coefficient (Wildman–Crippen LogP) is -13.8. The lowest BCUT2D eigenvalue weighted by molar-refractivity contribution is -0.386. The maximum absolute atomic E-state index is 12.6. The van der Waals surface area contributed by atoms with Gasteiger partial charge in [-0.15, -0.1) is 0 Å². The van der Waals surface area contributed by atoms with Crippen molar-refractivity contribution < 1.29 is 154 Å². The average Bonchev–Trinajstić information content (AvgIpc) is 3.36. The highest BCUT2D eigenvalue weighted by molar-refractivity contribution is 5.73. The fraction of sp³-hybridized carbons (Fsp3) is 0.950. The highest BCUT2D eigenvalue weighted by atomic mass is 16.8. The summed E-state index contributed by atoms with van der Waals surface area (Å²) in [5.41, 5.74) is 0. The fourth-order valence-electron chi connectivity index (χ4n) is 9.32. The Bertz CT molecular complexity index is 1750. The molecule has 0 saturated carbocycles. The zero-order valence-corrected chi connectivity index (χ0v) is 38.9. The van der Waals surface area contributed by atoms with Gasteiger partial charge in [0.25, 0.3) is 0 Å². The Labute approximate surface area is 413 Å². The normalized spacial score (nSPS) is 49.8. The first-order valence-electron chi connectivity index (χ1n) is 23.1. The molecule has 0 unspecified atom stereocenters. The van der Waals surface area contributed by atoms with Gasteiger partial charge in [-0.3, -0.25) is 9.59 Å². The van der Waals surface area contributed by atoms with Crippen LogP contribution in [0.5, 0.6) is 0 Å². The second-order valence-electron chi connectivity index (χ2n) is 18.2. The number of ether oxygens (including phenoxy) is 11. The average molecular weight is 1070 g/mol. The van der Waals surface area contributed by atoms with Crippen LogP contribution in [0, 0.1) is 0 Å². The number of carbonyl (C=O) groups is 2. The van der Waals surface area contributed by atoms with Crippen molar-refractivity contribution in [2.24, 2.45) is 0 Å². The Morgan fingerprint density at radius 1 is 0.329 bits per heavy atom. The summed E-state index contributed by atoms with van der Waals surface area (Å²) in [6.45, 7) is -3.79. The summed E-state index contributed by atoms with van der Waals surface area (Å²) in [4.78, 5) is 25.0. The van der Waals surface area contributed by atoms with Crippen LogP contribution in [-0.4, -0.2) is 327 Å². The highest BCUT2D eigenvalue weighted by Crippen LogP contribution is 2.37. The van der Waals surface area contributed by atoms with E-state index in [2.05, 4.69) is 10.6 Å². The van der Waals surface area contributed by atoms with Gasteiger partial charge in [0.1, 0.15) is 146 Å². The van der Waals surface area contributed by atoms with Gasteiger partial charge in [-0.05, 0) is 0 Å². The number of carbonyl (C=O) groups excluding carboxylic acids is 2. The molecule has 0 aromatic heterocycles. The molecule has 0 radical (unpaired) electrons. The Balaban J connectivity index is 1.21. The summed E-state index contributed by atoms with van der Waals surface area (Å²) in [6, 6.07) is -3.53. The molecule has 6 aliphatic heterocycles. The minimum Gasteiger partial charge on any atom is -0.394 e. The maximum atomic E-state index is 12.6. The van der Waals surface area contributed by atoms with Crippen LogP contribution in [0.4, 0.5) is 0 Å². The van der Waals surface area contributed by atoms with Crippen molar-refractivity contribution in [2.75, 3.05) is 39.6 Å². The number of nitrogens with one attached hydrogen (secondary N) is 2. The Morgan fingerprint density at radius 3 is 0.986 bits per heavy atom. The van der Waals surface area contributed by atoms with E-state index in [4.69, 9.17) is 52.1 Å². The molecule has 2 amide bonds. The van der Waals surface area contributed by atoms with Gasteiger partial charge in [0.05, 0.1) is 39.6 Å². The molecule has 0 spiro atoms. The van der Waals surface area contributed by atoms with E-state index in [0.29, 0.717) is 0 Å². The van der Waals surface area contributed by atoms with E-state index in [0.717, 1.165) is 13.8 Å². The molecule has 0 aromatic rings. The predicted molar refractivity (Wildman–Crippen MR) is 222 cm³/mol. The standard InChI is InChI=1S/C40H68N2O31/c1-9(49)41-17-22(54)30(69-38-27(59)24(56)19(51)11(3-43)64-38)15(7-47)67-36(17)72-33-20(52)12(4-44)65-39(28(33)60)70-31-16(8-48)68-37(18(23(31)55)42-10(2)50)73-34-21(53)13(5-45)66-40(29(34)61)71-32-14(6-46)63-35(62)26(58)25(32)57/h11-40,43-48,51-62H,3-8H2,1-2H3,(H,41,49)(H,42,50)/t11-,12-,13-,14-,15-,16-,17-,18-,19+,20+,21+,22-,23-,24+,25-,26-,27+,28-,29-,30+,31+,32-,33-,34+,35+,36+,37+,38+,39+,40+/m1/s1. The molecule has 6 saturated heterocycles. The van der Waals surface area contributed by atoms with Crippen molar-refractivity contribution in [1.82, 2.24) is 10.6 Å². The minimum absolute atomic E-state index is 0.829. The van der Waals surface area contributed by atoms with E-state index < -0.39 is 236 Å². The lowest BCUT2D eigenvalue weighted by Gasteiger charge is -2.51. The molecule has 0 aliphatic carbocycles. The number of aliphatic hydroxyl groups excluding tert-OH is 18. The molecular weight excluding hydrogens is 1000 g/mol. The smallest absolute Gasteiger partial charge is 0.217 e. The van der Waals surface area contributed by atoms with Gasteiger partial charge in [0.15, 0.2) is 37.7 Å². The zero-order valence-electron chi connectivity index (χ0n) is 38.9. The molecule has 6 rings (SSSR count). The summed E-state index contributed by atoms with van der Waals surface area (Å²) in [5.74, 6) is -1.69. The molecule has 30 atom stereocenters. The number of rotatable bonds is 18. The molecular formula is C40H68N2O31. The largest absolute Gasteiger partial charge is 0.394 e. The van der Waals surface area contributed by atoms with Crippen LogP contribution < -0.4 is 10.6 Å². The van der Waals surface area contributed by atoms with E-state index in [1.54, 1.807) is 0 Å². The third-order valence-electron chi connectivity index (χ3n) is 13.2. The van der Waals surface area contributed by atoms with E-state index in [1.165, 1.54) is 0 Å². The van der Waals surface area contributed by atoms with Crippen LogP contribution in [0.1, 0.15) is 13.8 Å². The number of amides is 2. The van der Waals surface area contributed by atoms with Gasteiger partial charge in [0.2, 0.25) is 11.8 Å². The number of hydrogen-bond donors (Lipinski definition) is 20. The lowest BCUT2D eigenvalue weighted by atomic mass is 9.93. The summed E-state index contributed by atoms with van der Waals surface area (Å²) in [7, 11) is 0. The topological polar surface area (TPSA) is 524 Å². The first-order chi connectivity index (χ1) is 34.5. The quantitative estimate of drug-likeness (QED) is 0.0606. The SMILES string of the molecule is CC(=O)N[C@H]1[C@H](O[C@@H]2[C@@H](O)[C@@H](CO)O[C@@H](O[C@@H]3[C@H](O)[C@@H](NC(C)=O)[C@H](O[C@H]4[C@@H](O)[C@@H](CO)O[C@@H](O[C@H]5[C@H](O)[C@@H](O)[C@@H](O)O[C@@H]5CO)[C@@H]4O)O[C@@H]3CO)[C@@H]2O)O[C@H](CO)[C@H](O[C@@H]2O[C@H](CO)[C@H](O)[C@H](O)[C@@H]2O)[C@@H]1O. The van der Waals surface area contributed by atoms with Crippen molar-refractivity contribution in [3.8, 4) is 0 Å². The van der Waals surface area contributed by atoms with E-state index in [-0.39, 0.29) is 0 Å². The van der Waals surface area contributed by atoms with Gasteiger partial charge in [-0.1, -0.05) is 0 Å². The van der Waals surface area contributed by atoms with Crippen LogP contribution in [0.2, 0.25) is 0 Å². The third kappa shape index (κ3) is 12.9. The fourth-order valence-corrected chi connectivity index (χ4v) is 9.32. The van der Waals surface area contributed by atoms with E-state index >= 15 is 0 Å². The minimum atomic E-state index is -2.21. The number of hydrogen-bond acceptors (Lipinski definition) is 31. The van der Waals surface area contributed by atoms with Crippen LogP contribution in [0.3, 0.4) is 0 Å². The van der Waals surface area contributed by atoms with Gasteiger partial charge >= 0.3 is 0 Å². The van der Waals surface area contributed by atoms with Gasteiger partial charge in [-0.2, -0.15) is 0 Å². The molecule has 0 bridgehead atoms. The second kappa shape index (κ2) is 26.0. The lowest BCUT2D eigenvalue weighted by Crippen LogP contribution is -2.70. The molecule has 33 nitrogen and oxygen atoms in total. The van der Waals surface area contributed by atoms with E-state index in [9.17, 15) is 102 Å². The molecule has 33 heteroatoms. The van der Waals surface area contributed by atoms with Crippen molar-refractivity contribution in [3.63, 3.8) is 0 Å². The molecule has 6 fully saturated rings. The molecule has 6 aliphatic rings. The van der Waals surface area contributed by atoms with Crippen molar-refractivity contribution in [3.05, 3.63) is 0 Å². The van der Waals surface area contributed by atoms with Crippen LogP contribution in [0.25, 0.3) is 0 Å². The summed E-state index contributed by atoms with van der Waals surface area (Å²) >= 11 is 0. The molecule has 20 N–H and O–H groups in total. The first-order valence-corrected chi connectivity index (χ1v) is 23.1. The monoisotopic (exact) mass is 1070 g/mol. The van der Waals surface area contributed by atoms with E-state index in [1.807, 2.05) is 0 Å². The van der Waals surface area contributed by atoms with Crippen LogP contribution in [0.15, 0.2) is 0 Å². The Hall–Kier alpha value is -2.22. The van der Waals surface area contributed by atoms with Gasteiger partial charge in [0, 0.05) is 13.8 Å². The van der Waals surface area contributed by atoms with Crippen molar-refractivity contribution in [2.45, 2.75) is 198 Å². The Kier molecular flexibility index (Phi) is 21.3. The molecule has 0 aromatic carbocycles. The Morgan fingerprint density at radius 2 is 0.630 bits per heavy atom. The molecule has 73 heavy (non-hydrogen) atoms. The second-order valence-corrected chi connectivity index (χ2v) is 18.2. The van der Waals surface area contributed by atoms with Crippen LogP contribution in [-0.2, 0) is 61.7 Å². The van der Waals surface area contributed by atoms with Crippen molar-refractivity contribution in [1.29, 1.82) is 0 Å². The summed E-state index contributed by atoms with van der Waals surface area (Å²) in [5, 5.41) is 196. The van der Waals surface area contributed by atoms with Gasteiger partial charge < -0.3 is 155 Å². The third-order valence-corrected chi connectivity index (χ3v) is 13.2. The van der Waals surface area contributed by atoms with Gasteiger partial charge in [-0.25, -0.2) is 0 Å². The number of aliphatic hydroxyl groups is 18. The maximum Gasteiger partial charge on any atom is 0.217 e. The first kappa shape index (κ1) is 60.0. The highest BCUT2D eigenvalue weighted by Gasteiger charge is 2.58. The molecule has 424 valence electrons. The summed E-state index contributed by atoms with van der Waals surface area (Å²) in [6.07, 6.45) is -52.9. The van der Waals surface area contributed by atoms with Crippen molar-refractivity contribution >= 4 is 11.8 Å². The zero-order chi connectivity index (χ0) is 53.9. The molecule has 6 heterocycles. The summed E-state index contributed by atoms with van der Waals surface area (Å²) < 4.78 is 62.4. The van der Waals surface area contributed by atoms with Crippen LogP contribution >= 0.6 is 0 Å².